The molecule has 0 saturated carbocycles. The second-order valence-electron chi connectivity index (χ2n) is 12.3. The van der Waals surface area contributed by atoms with Crippen LogP contribution in [0.3, 0.4) is 0 Å². The maximum absolute atomic E-state index is 10.4. The summed E-state index contributed by atoms with van der Waals surface area (Å²) in [5, 5.41) is 34.0. The highest BCUT2D eigenvalue weighted by Gasteiger charge is 2.21. The monoisotopic (exact) mass is 635 g/mol. The van der Waals surface area contributed by atoms with Crippen molar-refractivity contribution in [2.24, 2.45) is 0 Å². The molecule has 5 heteroatoms. The Morgan fingerprint density at radius 2 is 1.02 bits per heavy atom. The largest absolute Gasteiger partial charge is 0.309 e. The van der Waals surface area contributed by atoms with Gasteiger partial charge in [-0.25, -0.2) is 0 Å². The Hall–Kier alpha value is -7.39. The van der Waals surface area contributed by atoms with E-state index in [9.17, 15) is 15.8 Å². The lowest BCUT2D eigenvalue weighted by Crippen LogP contribution is -2.01. The van der Waals surface area contributed by atoms with E-state index in [0.717, 1.165) is 77.2 Å². The highest BCUT2D eigenvalue weighted by molar-refractivity contribution is 6.12. The molecule has 9 aromatic rings. The topological polar surface area (TPSA) is 81.2 Å². The standard InChI is InChI=1S/C45H25N5/c46-26-29-21-22-42-39(23-29)37-15-1-3-18-40(37)49(42)35-14-6-10-31(25-35)30-9-5-11-32(24-30)36-17-7-13-34(28-48)45(36)50-41-19-4-2-16-38(41)44-33(27-47)12-8-20-43(44)50/h1-25H. The van der Waals surface area contributed by atoms with Crippen molar-refractivity contribution in [3.8, 4) is 51.8 Å². The molecule has 0 unspecified atom stereocenters. The van der Waals surface area contributed by atoms with E-state index in [1.165, 1.54) is 0 Å². The van der Waals surface area contributed by atoms with Crippen molar-refractivity contribution < 1.29 is 0 Å². The molecule has 0 bridgehead atoms. The van der Waals surface area contributed by atoms with Crippen molar-refractivity contribution in [2.75, 3.05) is 0 Å². The first-order valence-corrected chi connectivity index (χ1v) is 16.3. The summed E-state index contributed by atoms with van der Waals surface area (Å²) in [6.45, 7) is 0. The van der Waals surface area contributed by atoms with Gasteiger partial charge >= 0.3 is 0 Å². The molecule has 9 rings (SSSR count). The lowest BCUT2D eigenvalue weighted by molar-refractivity contribution is 1.17. The van der Waals surface area contributed by atoms with E-state index in [1.54, 1.807) is 0 Å². The number of para-hydroxylation sites is 3. The highest BCUT2D eigenvalue weighted by Crippen LogP contribution is 2.40. The number of nitrogens with zero attached hydrogens (tertiary/aromatic N) is 5. The molecule has 2 heterocycles. The predicted octanol–water partition coefficient (Wildman–Crippen LogP) is 10.8. The smallest absolute Gasteiger partial charge is 0.101 e. The van der Waals surface area contributed by atoms with Crippen LogP contribution in [-0.2, 0) is 0 Å². The number of rotatable bonds is 4. The van der Waals surface area contributed by atoms with Gasteiger partial charge in [0.05, 0.1) is 56.6 Å². The molecule has 0 aliphatic heterocycles. The first-order valence-electron chi connectivity index (χ1n) is 16.3. The number of nitriles is 3. The normalized spacial score (nSPS) is 11.1. The summed E-state index contributed by atoms with van der Waals surface area (Å²) in [7, 11) is 0. The van der Waals surface area contributed by atoms with Gasteiger partial charge in [0.25, 0.3) is 0 Å². The minimum Gasteiger partial charge on any atom is -0.309 e. The number of benzene rings is 7. The van der Waals surface area contributed by atoms with Crippen LogP contribution in [0.25, 0.3) is 77.2 Å². The van der Waals surface area contributed by atoms with Crippen LogP contribution in [0.4, 0.5) is 0 Å². The molecule has 2 aromatic heterocycles. The van der Waals surface area contributed by atoms with Crippen LogP contribution in [0.1, 0.15) is 16.7 Å². The van der Waals surface area contributed by atoms with Gasteiger partial charge in [0.2, 0.25) is 0 Å². The first-order chi connectivity index (χ1) is 24.7. The molecule has 0 N–H and O–H groups in total. The van der Waals surface area contributed by atoms with Crippen LogP contribution in [0, 0.1) is 34.0 Å². The van der Waals surface area contributed by atoms with Gasteiger partial charge in [0.15, 0.2) is 0 Å². The SMILES string of the molecule is N#Cc1ccc2c(c1)c1ccccc1n2-c1cccc(-c2cccc(-c3cccc(C#N)c3-n3c4ccccc4c4c(C#N)cccc43)c2)c1. The maximum Gasteiger partial charge on any atom is 0.101 e. The Kier molecular flexibility index (Phi) is 6.56. The van der Waals surface area contributed by atoms with Gasteiger partial charge in [-0.05, 0) is 83.4 Å². The molecule has 0 fully saturated rings. The van der Waals surface area contributed by atoms with Crippen molar-refractivity contribution >= 4 is 43.6 Å². The van der Waals surface area contributed by atoms with Crippen LogP contribution in [0.2, 0.25) is 0 Å². The zero-order valence-corrected chi connectivity index (χ0v) is 26.7. The minimum absolute atomic E-state index is 0.547. The number of aromatic nitrogens is 2. The number of hydrogen-bond donors (Lipinski definition) is 0. The zero-order chi connectivity index (χ0) is 33.8. The summed E-state index contributed by atoms with van der Waals surface area (Å²) < 4.78 is 4.39. The number of fused-ring (bicyclic) bond motifs is 6. The van der Waals surface area contributed by atoms with Gasteiger partial charge in [-0.1, -0.05) is 84.9 Å². The third-order valence-corrected chi connectivity index (χ3v) is 9.61. The molecule has 0 spiro atoms. The fraction of sp³-hybridized carbons (Fsp3) is 0. The predicted molar refractivity (Wildman–Crippen MR) is 200 cm³/mol. The molecule has 50 heavy (non-hydrogen) atoms. The Bertz CT molecular complexity index is 2970. The van der Waals surface area contributed by atoms with Crippen molar-refractivity contribution in [2.45, 2.75) is 0 Å². The molecule has 7 aromatic carbocycles. The van der Waals surface area contributed by atoms with Crippen LogP contribution < -0.4 is 0 Å². The fourth-order valence-corrected chi connectivity index (χ4v) is 7.47. The average Bonchev–Trinajstić information content (AvgIpc) is 3.70. The van der Waals surface area contributed by atoms with Crippen molar-refractivity contribution in [1.82, 2.24) is 9.13 Å². The molecule has 5 nitrogen and oxygen atoms in total. The Labute approximate surface area is 287 Å². The van der Waals surface area contributed by atoms with Crippen LogP contribution in [0.5, 0.6) is 0 Å². The average molecular weight is 636 g/mol. The maximum atomic E-state index is 10.4. The summed E-state index contributed by atoms with van der Waals surface area (Å²) >= 11 is 0. The van der Waals surface area contributed by atoms with Gasteiger partial charge in [-0.15, -0.1) is 0 Å². The van der Waals surface area contributed by atoms with Gasteiger partial charge in [0, 0.05) is 32.8 Å². The van der Waals surface area contributed by atoms with E-state index in [2.05, 4.69) is 94.1 Å². The molecule has 0 amide bonds. The summed E-state index contributed by atoms with van der Waals surface area (Å²) in [5.74, 6) is 0. The van der Waals surface area contributed by atoms with Crippen molar-refractivity contribution in [1.29, 1.82) is 15.8 Å². The zero-order valence-electron chi connectivity index (χ0n) is 26.7. The molecule has 0 aliphatic carbocycles. The summed E-state index contributed by atoms with van der Waals surface area (Å²) in [5.41, 5.74) is 11.5. The van der Waals surface area contributed by atoms with Crippen LogP contribution in [0.15, 0.2) is 152 Å². The Morgan fingerprint density at radius 1 is 0.400 bits per heavy atom. The van der Waals surface area contributed by atoms with Crippen molar-refractivity contribution in [3.63, 3.8) is 0 Å². The second-order valence-corrected chi connectivity index (χ2v) is 12.3. The van der Waals surface area contributed by atoms with E-state index < -0.39 is 0 Å². The summed E-state index contributed by atoms with van der Waals surface area (Å²) in [4.78, 5) is 0. The summed E-state index contributed by atoms with van der Waals surface area (Å²) in [6.07, 6.45) is 0. The fourth-order valence-electron chi connectivity index (χ4n) is 7.47. The third-order valence-electron chi connectivity index (χ3n) is 9.61. The lowest BCUT2D eigenvalue weighted by Gasteiger charge is -2.17. The molecule has 0 atom stereocenters. The van der Waals surface area contributed by atoms with Gasteiger partial charge < -0.3 is 9.13 Å². The lowest BCUT2D eigenvalue weighted by atomic mass is 9.96. The van der Waals surface area contributed by atoms with E-state index in [4.69, 9.17) is 0 Å². The first kappa shape index (κ1) is 28.8. The quantitative estimate of drug-likeness (QED) is 0.193. The van der Waals surface area contributed by atoms with Crippen LogP contribution >= 0.6 is 0 Å². The molecule has 0 radical (unpaired) electrons. The molecule has 230 valence electrons. The van der Waals surface area contributed by atoms with E-state index >= 15 is 0 Å². The third kappa shape index (κ3) is 4.31. The van der Waals surface area contributed by atoms with Gasteiger partial charge in [0.1, 0.15) is 6.07 Å². The Morgan fingerprint density at radius 3 is 1.82 bits per heavy atom. The minimum atomic E-state index is 0.547. The van der Waals surface area contributed by atoms with Gasteiger partial charge in [-0.3, -0.25) is 0 Å². The van der Waals surface area contributed by atoms with E-state index in [-0.39, 0.29) is 0 Å². The van der Waals surface area contributed by atoms with Crippen LogP contribution in [-0.4, -0.2) is 9.13 Å². The highest BCUT2D eigenvalue weighted by atomic mass is 15.0. The summed E-state index contributed by atoms with van der Waals surface area (Å²) in [6, 6.07) is 57.9. The number of hydrogen-bond acceptors (Lipinski definition) is 3. The van der Waals surface area contributed by atoms with Crippen molar-refractivity contribution in [3.05, 3.63) is 168 Å². The molecular weight excluding hydrogens is 611 g/mol. The molecule has 0 saturated heterocycles. The van der Waals surface area contributed by atoms with E-state index in [0.29, 0.717) is 16.7 Å². The van der Waals surface area contributed by atoms with Gasteiger partial charge in [-0.2, -0.15) is 15.8 Å². The molecule has 0 aliphatic rings. The van der Waals surface area contributed by atoms with E-state index in [1.807, 2.05) is 84.9 Å². The Balaban J connectivity index is 1.23. The second kappa shape index (κ2) is 11.4. The molecular formula is C45H25N5.